The van der Waals surface area contributed by atoms with Crippen LogP contribution in [0.25, 0.3) is 0 Å². The van der Waals surface area contributed by atoms with Crippen molar-refractivity contribution >= 4 is 23.2 Å². The summed E-state index contributed by atoms with van der Waals surface area (Å²) in [6, 6.07) is 3.02. The van der Waals surface area contributed by atoms with Crippen molar-refractivity contribution in [3.8, 4) is 0 Å². The molecule has 1 saturated heterocycles. The van der Waals surface area contributed by atoms with Crippen LogP contribution in [0, 0.1) is 11.7 Å². The maximum Gasteiger partial charge on any atom is 0.253 e. The summed E-state index contributed by atoms with van der Waals surface area (Å²) in [7, 11) is 0. The second-order valence-electron chi connectivity index (χ2n) is 7.29. The summed E-state index contributed by atoms with van der Waals surface area (Å²) in [6.07, 6.45) is -0.685. The highest BCUT2D eigenvalue weighted by Gasteiger charge is 2.32. The number of hydrogen-bond donors (Lipinski definition) is 2. The lowest BCUT2D eigenvalue weighted by molar-refractivity contribution is -0.125. The monoisotopic (exact) mass is 414 g/mol. The molecule has 2 fully saturated rings. The predicted molar refractivity (Wildman–Crippen MR) is 101 cm³/mol. The highest BCUT2D eigenvalue weighted by Crippen LogP contribution is 2.31. The number of rotatable bonds is 9. The SMILES string of the molecule is NC[C@@H](C(=O)Nc1ccc(N2CCOCC2=O)c(F)c1)N(CC(F)F)CC1CC1. The minimum atomic E-state index is -2.58. The number of halogens is 3. The zero-order chi connectivity index (χ0) is 21.0. The van der Waals surface area contributed by atoms with E-state index in [1.807, 2.05) is 0 Å². The van der Waals surface area contributed by atoms with Gasteiger partial charge in [0.2, 0.25) is 5.91 Å². The van der Waals surface area contributed by atoms with E-state index in [0.717, 1.165) is 18.9 Å². The molecule has 1 atom stereocenters. The molecule has 2 amide bonds. The number of alkyl halides is 2. The summed E-state index contributed by atoms with van der Waals surface area (Å²) in [6.45, 7) is 0.138. The van der Waals surface area contributed by atoms with E-state index in [9.17, 15) is 22.8 Å². The highest BCUT2D eigenvalue weighted by molar-refractivity contribution is 5.97. The van der Waals surface area contributed by atoms with E-state index < -0.39 is 30.7 Å². The molecule has 1 heterocycles. The molecule has 10 heteroatoms. The van der Waals surface area contributed by atoms with Crippen molar-refractivity contribution in [1.82, 2.24) is 4.90 Å². The van der Waals surface area contributed by atoms with Crippen molar-refractivity contribution < 1.29 is 27.5 Å². The molecule has 1 saturated carbocycles. The predicted octanol–water partition coefficient (Wildman–Crippen LogP) is 1.43. The molecule has 1 aliphatic heterocycles. The molecule has 29 heavy (non-hydrogen) atoms. The first-order valence-electron chi connectivity index (χ1n) is 9.59. The molecule has 0 unspecified atom stereocenters. The second kappa shape index (κ2) is 9.55. The van der Waals surface area contributed by atoms with Gasteiger partial charge >= 0.3 is 0 Å². The first-order chi connectivity index (χ1) is 13.9. The normalized spacial score (nSPS) is 18.4. The van der Waals surface area contributed by atoms with Gasteiger partial charge in [-0.15, -0.1) is 0 Å². The zero-order valence-corrected chi connectivity index (χ0v) is 16.0. The Labute approximate surface area is 167 Å². The van der Waals surface area contributed by atoms with Crippen molar-refractivity contribution in [2.45, 2.75) is 25.3 Å². The molecule has 1 aromatic carbocycles. The van der Waals surface area contributed by atoms with Crippen molar-refractivity contribution in [3.63, 3.8) is 0 Å². The van der Waals surface area contributed by atoms with E-state index in [0.29, 0.717) is 19.1 Å². The largest absolute Gasteiger partial charge is 0.370 e. The van der Waals surface area contributed by atoms with Gasteiger partial charge in [0, 0.05) is 25.3 Å². The summed E-state index contributed by atoms with van der Waals surface area (Å²) in [5.74, 6) is -1.29. The van der Waals surface area contributed by atoms with E-state index in [1.54, 1.807) is 0 Å². The average Bonchev–Trinajstić information content (AvgIpc) is 3.47. The van der Waals surface area contributed by atoms with Crippen LogP contribution in [-0.4, -0.2) is 68.6 Å². The van der Waals surface area contributed by atoms with Gasteiger partial charge in [0.05, 0.1) is 18.8 Å². The summed E-state index contributed by atoms with van der Waals surface area (Å²) in [5, 5.41) is 2.55. The van der Waals surface area contributed by atoms with Crippen LogP contribution in [0.15, 0.2) is 18.2 Å². The number of amides is 2. The summed E-state index contributed by atoms with van der Waals surface area (Å²) in [5.41, 5.74) is 5.95. The van der Waals surface area contributed by atoms with Crippen molar-refractivity contribution in [2.75, 3.05) is 49.6 Å². The number of carbonyl (C=O) groups is 2. The first-order valence-corrected chi connectivity index (χ1v) is 9.59. The van der Waals surface area contributed by atoms with E-state index in [2.05, 4.69) is 5.32 Å². The third kappa shape index (κ3) is 5.68. The molecular formula is C19H25F3N4O3. The number of hydrogen-bond acceptors (Lipinski definition) is 5. The molecule has 0 aromatic heterocycles. The topological polar surface area (TPSA) is 87.9 Å². The molecule has 1 aliphatic carbocycles. The van der Waals surface area contributed by atoms with Gasteiger partial charge in [0.25, 0.3) is 12.3 Å². The van der Waals surface area contributed by atoms with Crippen LogP contribution < -0.4 is 16.0 Å². The summed E-state index contributed by atoms with van der Waals surface area (Å²) in [4.78, 5) is 27.2. The first kappa shape index (κ1) is 21.5. The van der Waals surface area contributed by atoms with E-state index in [4.69, 9.17) is 10.5 Å². The number of nitrogens with one attached hydrogen (secondary N) is 1. The van der Waals surface area contributed by atoms with Crippen molar-refractivity contribution in [3.05, 3.63) is 24.0 Å². The Bertz CT molecular complexity index is 741. The number of morpholine rings is 1. The zero-order valence-electron chi connectivity index (χ0n) is 16.0. The molecular weight excluding hydrogens is 389 g/mol. The summed E-state index contributed by atoms with van der Waals surface area (Å²) >= 11 is 0. The van der Waals surface area contributed by atoms with Crippen LogP contribution in [0.4, 0.5) is 24.5 Å². The van der Waals surface area contributed by atoms with Gasteiger partial charge in [-0.1, -0.05) is 0 Å². The lowest BCUT2D eigenvalue weighted by Crippen LogP contribution is -2.51. The van der Waals surface area contributed by atoms with Crippen LogP contribution in [0.5, 0.6) is 0 Å². The minimum absolute atomic E-state index is 0.0970. The molecule has 0 bridgehead atoms. The standard InChI is InChI=1S/C19H25F3N4O3/c20-14-7-13(3-4-15(14)26-5-6-29-11-18(26)27)24-19(28)16(8-23)25(10-17(21)22)9-12-1-2-12/h3-4,7,12,16-17H,1-2,5-6,8-11,23H2,(H,24,28)/t16-/m0/s1. The molecule has 0 spiro atoms. The molecule has 3 rings (SSSR count). The number of nitrogens with two attached hydrogens (primary N) is 1. The van der Waals surface area contributed by atoms with Gasteiger partial charge in [0.1, 0.15) is 18.5 Å². The van der Waals surface area contributed by atoms with Gasteiger partial charge in [0.15, 0.2) is 0 Å². The Morgan fingerprint density at radius 1 is 1.38 bits per heavy atom. The van der Waals surface area contributed by atoms with Crippen LogP contribution in [-0.2, 0) is 14.3 Å². The van der Waals surface area contributed by atoms with Gasteiger partial charge in [-0.05, 0) is 37.0 Å². The highest BCUT2D eigenvalue weighted by atomic mass is 19.3. The maximum atomic E-state index is 14.5. The number of carbonyl (C=O) groups excluding carboxylic acids is 2. The Hall–Kier alpha value is -2.17. The molecule has 0 radical (unpaired) electrons. The molecule has 2 aliphatic rings. The van der Waals surface area contributed by atoms with Gasteiger partial charge in [-0.25, -0.2) is 13.2 Å². The lowest BCUT2D eigenvalue weighted by Gasteiger charge is -2.30. The quantitative estimate of drug-likeness (QED) is 0.638. The third-order valence-electron chi connectivity index (χ3n) is 5.02. The maximum absolute atomic E-state index is 14.5. The number of nitrogens with zero attached hydrogens (tertiary/aromatic N) is 2. The fourth-order valence-electron chi connectivity index (χ4n) is 3.36. The molecule has 160 valence electrons. The third-order valence-corrected chi connectivity index (χ3v) is 5.02. The molecule has 3 N–H and O–H groups in total. The van der Waals surface area contributed by atoms with Crippen LogP contribution >= 0.6 is 0 Å². The second-order valence-corrected chi connectivity index (χ2v) is 7.29. The van der Waals surface area contributed by atoms with Gasteiger partial charge in [-0.3, -0.25) is 14.5 Å². The van der Waals surface area contributed by atoms with Crippen molar-refractivity contribution in [1.29, 1.82) is 0 Å². The lowest BCUT2D eigenvalue weighted by atomic mass is 10.2. The fourth-order valence-corrected chi connectivity index (χ4v) is 3.36. The average molecular weight is 414 g/mol. The fraction of sp³-hybridized carbons (Fsp3) is 0.579. The minimum Gasteiger partial charge on any atom is -0.370 e. The Morgan fingerprint density at radius 3 is 2.72 bits per heavy atom. The smallest absolute Gasteiger partial charge is 0.253 e. The number of benzene rings is 1. The Kier molecular flexibility index (Phi) is 7.09. The number of anilines is 2. The van der Waals surface area contributed by atoms with Crippen LogP contribution in [0.1, 0.15) is 12.8 Å². The van der Waals surface area contributed by atoms with E-state index in [1.165, 1.54) is 21.9 Å². The summed E-state index contributed by atoms with van der Waals surface area (Å²) < 4.78 is 45.4. The van der Waals surface area contributed by atoms with Gasteiger partial charge < -0.3 is 20.7 Å². The Morgan fingerprint density at radius 2 is 2.14 bits per heavy atom. The molecule has 7 nitrogen and oxygen atoms in total. The number of ether oxygens (including phenoxy) is 1. The van der Waals surface area contributed by atoms with Crippen LogP contribution in [0.2, 0.25) is 0 Å². The van der Waals surface area contributed by atoms with E-state index in [-0.39, 0.29) is 37.0 Å². The van der Waals surface area contributed by atoms with Gasteiger partial charge in [-0.2, -0.15) is 0 Å². The van der Waals surface area contributed by atoms with Crippen LogP contribution in [0.3, 0.4) is 0 Å². The Balaban J connectivity index is 1.69. The van der Waals surface area contributed by atoms with E-state index >= 15 is 0 Å². The van der Waals surface area contributed by atoms with Crippen molar-refractivity contribution in [2.24, 2.45) is 11.7 Å². The molecule has 1 aromatic rings.